The lowest BCUT2D eigenvalue weighted by Crippen LogP contribution is -2.05. The van der Waals surface area contributed by atoms with E-state index < -0.39 is 11.7 Å². The van der Waals surface area contributed by atoms with Crippen molar-refractivity contribution in [3.63, 3.8) is 0 Å². The molecule has 2 aromatic heterocycles. The summed E-state index contributed by atoms with van der Waals surface area (Å²) in [5.41, 5.74) is -0.227. The third kappa shape index (κ3) is 3.29. The highest BCUT2D eigenvalue weighted by molar-refractivity contribution is 7.14. The van der Waals surface area contributed by atoms with Crippen LogP contribution in [0.1, 0.15) is 5.56 Å². The number of pyridine rings is 1. The van der Waals surface area contributed by atoms with Gasteiger partial charge in [-0.2, -0.15) is 13.2 Å². The van der Waals surface area contributed by atoms with Crippen LogP contribution >= 0.6 is 22.9 Å². The van der Waals surface area contributed by atoms with Gasteiger partial charge in [-0.25, -0.2) is 4.98 Å². The van der Waals surface area contributed by atoms with Crippen LogP contribution in [-0.4, -0.2) is 16.5 Å². The van der Waals surface area contributed by atoms with E-state index in [1.54, 1.807) is 11.5 Å². The smallest absolute Gasteiger partial charge is 0.358 e. The van der Waals surface area contributed by atoms with Gasteiger partial charge in [-0.3, -0.25) is 4.98 Å². The third-order valence-electron chi connectivity index (χ3n) is 2.31. The van der Waals surface area contributed by atoms with Gasteiger partial charge in [-0.05, 0) is 6.07 Å². The molecular weight excluding hydrogens is 311 g/mol. The highest BCUT2D eigenvalue weighted by Crippen LogP contribution is 2.34. The van der Waals surface area contributed by atoms with Crippen molar-refractivity contribution in [2.45, 2.75) is 6.18 Å². The van der Waals surface area contributed by atoms with Crippen LogP contribution in [-0.2, 0) is 6.18 Å². The molecule has 1 N–H and O–H groups in total. The third-order valence-corrected chi connectivity index (χ3v) is 3.40. The van der Waals surface area contributed by atoms with E-state index in [9.17, 15) is 13.2 Å². The number of aromatic nitrogens is 2. The standard InChI is InChI=1S/C12H9ClF3N3S/c1-2-3-17-11-19-9(6-20-11)10-8(13)4-7(5-18-10)12(14,15)16/h2,4-6H,1,3H2,(H,17,19). The maximum absolute atomic E-state index is 12.5. The Kier molecular flexibility index (Phi) is 4.29. The predicted octanol–water partition coefficient (Wildman–Crippen LogP) is 4.48. The van der Waals surface area contributed by atoms with Crippen LogP contribution < -0.4 is 5.32 Å². The van der Waals surface area contributed by atoms with Gasteiger partial charge in [-0.1, -0.05) is 17.7 Å². The zero-order valence-corrected chi connectivity index (χ0v) is 11.6. The molecule has 0 aliphatic heterocycles. The molecule has 2 aromatic rings. The SMILES string of the molecule is C=CCNc1nc(-c2ncc(C(F)(F)F)cc2Cl)cs1. The molecule has 0 fully saturated rings. The minimum absolute atomic E-state index is 0.0830. The molecule has 0 amide bonds. The fourth-order valence-corrected chi connectivity index (χ4v) is 2.37. The Balaban J connectivity index is 2.29. The van der Waals surface area contributed by atoms with Gasteiger partial charge < -0.3 is 5.32 Å². The Bertz CT molecular complexity index is 625. The lowest BCUT2D eigenvalue weighted by Gasteiger charge is -2.07. The van der Waals surface area contributed by atoms with Gasteiger partial charge in [0.2, 0.25) is 0 Å². The fourth-order valence-electron chi connectivity index (χ4n) is 1.40. The zero-order valence-electron chi connectivity index (χ0n) is 10.0. The van der Waals surface area contributed by atoms with Crippen molar-refractivity contribution in [2.75, 3.05) is 11.9 Å². The van der Waals surface area contributed by atoms with E-state index in [0.717, 1.165) is 12.3 Å². The second-order valence-electron chi connectivity index (χ2n) is 3.76. The summed E-state index contributed by atoms with van der Waals surface area (Å²) in [4.78, 5) is 7.95. The van der Waals surface area contributed by atoms with Crippen molar-refractivity contribution in [3.05, 3.63) is 40.9 Å². The van der Waals surface area contributed by atoms with Crippen molar-refractivity contribution < 1.29 is 13.2 Å². The molecule has 0 aliphatic carbocycles. The number of hydrogen-bond acceptors (Lipinski definition) is 4. The first-order valence-electron chi connectivity index (χ1n) is 5.45. The van der Waals surface area contributed by atoms with Crippen LogP contribution in [0.3, 0.4) is 0 Å². The van der Waals surface area contributed by atoms with Gasteiger partial charge in [0.15, 0.2) is 5.13 Å². The van der Waals surface area contributed by atoms with Crippen molar-refractivity contribution in [2.24, 2.45) is 0 Å². The Morgan fingerprint density at radius 2 is 2.20 bits per heavy atom. The van der Waals surface area contributed by atoms with Crippen LogP contribution in [0.25, 0.3) is 11.4 Å². The highest BCUT2D eigenvalue weighted by Gasteiger charge is 2.31. The minimum Gasteiger partial charge on any atom is -0.358 e. The summed E-state index contributed by atoms with van der Waals surface area (Å²) in [6.07, 6.45) is -2.05. The monoisotopic (exact) mass is 319 g/mol. The van der Waals surface area contributed by atoms with Crippen LogP contribution in [0.2, 0.25) is 5.02 Å². The summed E-state index contributed by atoms with van der Waals surface area (Å²) < 4.78 is 37.5. The molecule has 8 heteroatoms. The molecule has 0 bridgehead atoms. The quantitative estimate of drug-likeness (QED) is 0.845. The highest BCUT2D eigenvalue weighted by atomic mass is 35.5. The normalized spacial score (nSPS) is 11.4. The summed E-state index contributed by atoms with van der Waals surface area (Å²) in [5.74, 6) is 0. The van der Waals surface area contributed by atoms with Crippen LogP contribution in [0.15, 0.2) is 30.3 Å². The number of halogens is 4. The summed E-state index contributed by atoms with van der Waals surface area (Å²) in [6, 6.07) is 0.847. The molecule has 0 spiro atoms. The summed E-state index contributed by atoms with van der Waals surface area (Å²) in [5, 5.41) is 5.19. The number of nitrogens with zero attached hydrogens (tertiary/aromatic N) is 2. The second-order valence-corrected chi connectivity index (χ2v) is 5.02. The van der Waals surface area contributed by atoms with E-state index in [-0.39, 0.29) is 10.7 Å². The summed E-state index contributed by atoms with van der Waals surface area (Å²) in [7, 11) is 0. The average Bonchev–Trinajstić information content (AvgIpc) is 2.83. The molecule has 2 rings (SSSR count). The molecule has 0 aromatic carbocycles. The molecule has 0 saturated carbocycles. The van der Waals surface area contributed by atoms with E-state index in [1.807, 2.05) is 0 Å². The first kappa shape index (κ1) is 14.8. The van der Waals surface area contributed by atoms with Gasteiger partial charge in [0, 0.05) is 18.1 Å². The molecule has 0 aliphatic rings. The first-order chi connectivity index (χ1) is 9.41. The number of thiazole rings is 1. The number of alkyl halides is 3. The molecule has 2 heterocycles. The molecule has 0 radical (unpaired) electrons. The van der Waals surface area contributed by atoms with Gasteiger partial charge in [0.25, 0.3) is 0 Å². The molecule has 106 valence electrons. The molecule has 0 unspecified atom stereocenters. The predicted molar refractivity (Wildman–Crippen MR) is 74.0 cm³/mol. The van der Waals surface area contributed by atoms with Gasteiger partial charge in [-0.15, -0.1) is 17.9 Å². The largest absolute Gasteiger partial charge is 0.417 e. The van der Waals surface area contributed by atoms with Crippen LogP contribution in [0, 0.1) is 0 Å². The van der Waals surface area contributed by atoms with Gasteiger partial charge in [0.05, 0.1) is 10.6 Å². The Morgan fingerprint density at radius 1 is 1.45 bits per heavy atom. The second kappa shape index (κ2) is 5.80. The lowest BCUT2D eigenvalue weighted by atomic mass is 10.2. The Morgan fingerprint density at radius 3 is 2.80 bits per heavy atom. The molecule has 0 atom stereocenters. The van der Waals surface area contributed by atoms with E-state index >= 15 is 0 Å². The maximum atomic E-state index is 12.5. The first-order valence-corrected chi connectivity index (χ1v) is 6.71. The number of nitrogens with one attached hydrogen (secondary N) is 1. The molecule has 0 saturated heterocycles. The summed E-state index contributed by atoms with van der Waals surface area (Å²) in [6.45, 7) is 4.10. The van der Waals surface area contributed by atoms with E-state index in [4.69, 9.17) is 11.6 Å². The zero-order chi connectivity index (χ0) is 14.8. The summed E-state index contributed by atoms with van der Waals surface area (Å²) >= 11 is 7.16. The van der Waals surface area contributed by atoms with Crippen LogP contribution in [0.4, 0.5) is 18.3 Å². The van der Waals surface area contributed by atoms with Gasteiger partial charge in [0.1, 0.15) is 11.4 Å². The van der Waals surface area contributed by atoms with Crippen LogP contribution in [0.5, 0.6) is 0 Å². The molecule has 3 nitrogen and oxygen atoms in total. The van der Waals surface area contributed by atoms with Crippen molar-refractivity contribution in [1.29, 1.82) is 0 Å². The minimum atomic E-state index is -4.46. The van der Waals surface area contributed by atoms with Crippen molar-refractivity contribution >= 4 is 28.1 Å². The van der Waals surface area contributed by atoms with Gasteiger partial charge >= 0.3 is 6.18 Å². The van der Waals surface area contributed by atoms with E-state index in [0.29, 0.717) is 17.4 Å². The Hall–Kier alpha value is -1.60. The average molecular weight is 320 g/mol. The topological polar surface area (TPSA) is 37.8 Å². The lowest BCUT2D eigenvalue weighted by molar-refractivity contribution is -0.137. The number of rotatable bonds is 4. The fraction of sp³-hybridized carbons (Fsp3) is 0.167. The van der Waals surface area contributed by atoms with Crippen molar-refractivity contribution in [1.82, 2.24) is 9.97 Å². The number of hydrogen-bond donors (Lipinski definition) is 1. The molecule has 20 heavy (non-hydrogen) atoms. The van der Waals surface area contributed by atoms with E-state index in [1.165, 1.54) is 11.3 Å². The molecular formula is C12H9ClF3N3S. The van der Waals surface area contributed by atoms with Crippen molar-refractivity contribution in [3.8, 4) is 11.4 Å². The number of anilines is 1. The Labute approximate surface area is 122 Å². The maximum Gasteiger partial charge on any atom is 0.417 e. The van der Waals surface area contributed by atoms with E-state index in [2.05, 4.69) is 21.9 Å².